The van der Waals surface area contributed by atoms with Crippen molar-refractivity contribution in [2.75, 3.05) is 12.4 Å². The first-order chi connectivity index (χ1) is 13.9. The molecule has 0 amide bonds. The highest BCUT2D eigenvalue weighted by Crippen LogP contribution is 2.36. The number of aromatic amines is 1. The second kappa shape index (κ2) is 7.75. The van der Waals surface area contributed by atoms with E-state index in [-0.39, 0.29) is 29.1 Å². The second-order valence-electron chi connectivity index (χ2n) is 6.66. The van der Waals surface area contributed by atoms with Gasteiger partial charge in [-0.15, -0.1) is 10.2 Å². The molecule has 3 aromatic rings. The summed E-state index contributed by atoms with van der Waals surface area (Å²) in [6, 6.07) is 7.36. The lowest BCUT2D eigenvalue weighted by atomic mass is 10.1. The number of carbonyl (C=O) groups excluding carboxylic acids is 2. The van der Waals surface area contributed by atoms with Crippen molar-refractivity contribution in [2.45, 2.75) is 32.1 Å². The van der Waals surface area contributed by atoms with Gasteiger partial charge in [-0.3, -0.25) is 9.59 Å². The van der Waals surface area contributed by atoms with E-state index in [9.17, 15) is 9.59 Å². The number of para-hydroxylation sites is 2. The summed E-state index contributed by atoms with van der Waals surface area (Å²) in [4.78, 5) is 27.3. The maximum atomic E-state index is 12.6. The number of aryl methyl sites for hydroxylation is 1. The van der Waals surface area contributed by atoms with E-state index in [0.29, 0.717) is 39.9 Å². The Morgan fingerprint density at radius 2 is 1.97 bits per heavy atom. The highest BCUT2D eigenvalue weighted by Gasteiger charge is 2.28. The normalized spacial score (nSPS) is 15.3. The second-order valence-corrected chi connectivity index (χ2v) is 7.59. The largest absolute Gasteiger partial charge is 0.485 e. The van der Waals surface area contributed by atoms with Gasteiger partial charge in [-0.05, 0) is 38.5 Å². The first-order valence-electron chi connectivity index (χ1n) is 9.02. The molecule has 8 nitrogen and oxygen atoms in total. The Labute approximate surface area is 171 Å². The van der Waals surface area contributed by atoms with Crippen molar-refractivity contribution >= 4 is 23.3 Å². The zero-order valence-corrected chi connectivity index (χ0v) is 17.0. The van der Waals surface area contributed by atoms with Crippen LogP contribution in [0.15, 0.2) is 33.9 Å². The van der Waals surface area contributed by atoms with E-state index in [4.69, 9.17) is 13.9 Å². The molecule has 3 heterocycles. The number of ether oxygens (including phenoxy) is 2. The van der Waals surface area contributed by atoms with Crippen LogP contribution in [0.2, 0.25) is 0 Å². The Morgan fingerprint density at radius 3 is 2.69 bits per heavy atom. The molecule has 1 N–H and O–H groups in total. The number of nitrogens with zero attached hydrogens (tertiary/aromatic N) is 2. The van der Waals surface area contributed by atoms with Crippen LogP contribution in [-0.2, 0) is 0 Å². The van der Waals surface area contributed by atoms with Crippen molar-refractivity contribution < 1.29 is 23.5 Å². The van der Waals surface area contributed by atoms with E-state index in [0.717, 1.165) is 11.8 Å². The van der Waals surface area contributed by atoms with Gasteiger partial charge in [0, 0.05) is 11.3 Å². The molecule has 0 aliphatic carbocycles. The van der Waals surface area contributed by atoms with Crippen molar-refractivity contribution in [3.05, 3.63) is 52.7 Å². The van der Waals surface area contributed by atoms with E-state index in [1.807, 2.05) is 24.3 Å². The summed E-state index contributed by atoms with van der Waals surface area (Å²) >= 11 is 1.13. The highest BCUT2D eigenvalue weighted by molar-refractivity contribution is 7.99. The first kappa shape index (κ1) is 19.3. The smallest absolute Gasteiger partial charge is 0.277 e. The molecule has 0 radical (unpaired) electrons. The minimum atomic E-state index is -0.506. The molecule has 4 rings (SSSR count). The number of hydrogen-bond donors (Lipinski definition) is 1. The van der Waals surface area contributed by atoms with E-state index in [1.165, 1.54) is 6.92 Å². The van der Waals surface area contributed by atoms with Gasteiger partial charge in [0.15, 0.2) is 23.1 Å². The molecule has 29 heavy (non-hydrogen) atoms. The maximum absolute atomic E-state index is 12.6. The lowest BCUT2D eigenvalue weighted by Crippen LogP contribution is -2.21. The number of benzene rings is 1. The third-order valence-electron chi connectivity index (χ3n) is 4.60. The number of thioether (sulfide) groups is 1. The summed E-state index contributed by atoms with van der Waals surface area (Å²) in [5, 5.41) is 8.26. The van der Waals surface area contributed by atoms with Crippen LogP contribution >= 0.6 is 11.8 Å². The molecule has 2 aromatic heterocycles. The van der Waals surface area contributed by atoms with E-state index >= 15 is 0 Å². The molecular weight excluding hydrogens is 394 g/mol. The number of aromatic nitrogens is 3. The van der Waals surface area contributed by atoms with Gasteiger partial charge in [-0.1, -0.05) is 23.9 Å². The van der Waals surface area contributed by atoms with E-state index in [2.05, 4.69) is 15.2 Å². The predicted octanol–water partition coefficient (Wildman–Crippen LogP) is 3.70. The van der Waals surface area contributed by atoms with Crippen molar-refractivity contribution in [2.24, 2.45) is 0 Å². The number of rotatable bonds is 6. The molecule has 0 saturated heterocycles. The molecule has 1 atom stereocenters. The van der Waals surface area contributed by atoms with Gasteiger partial charge in [0.05, 0.1) is 11.4 Å². The Bertz CT molecular complexity index is 1090. The molecule has 0 saturated carbocycles. The third-order valence-corrected chi connectivity index (χ3v) is 5.42. The van der Waals surface area contributed by atoms with Gasteiger partial charge in [0.1, 0.15) is 6.61 Å². The average molecular weight is 413 g/mol. The van der Waals surface area contributed by atoms with Crippen LogP contribution in [0.4, 0.5) is 0 Å². The van der Waals surface area contributed by atoms with Gasteiger partial charge < -0.3 is 18.9 Å². The van der Waals surface area contributed by atoms with Gasteiger partial charge in [-0.2, -0.15) is 0 Å². The Hall–Kier alpha value is -3.07. The Kier molecular flexibility index (Phi) is 5.14. The summed E-state index contributed by atoms with van der Waals surface area (Å²) < 4.78 is 17.1. The van der Waals surface area contributed by atoms with Crippen LogP contribution in [-0.4, -0.2) is 39.1 Å². The van der Waals surface area contributed by atoms with Crippen LogP contribution in [0.5, 0.6) is 11.5 Å². The molecule has 0 bridgehead atoms. The fraction of sp³-hybridized carbons (Fsp3) is 0.300. The topological polar surface area (TPSA) is 107 Å². The number of hydrogen-bond acceptors (Lipinski definition) is 8. The molecule has 0 spiro atoms. The highest BCUT2D eigenvalue weighted by atomic mass is 32.2. The zero-order chi connectivity index (χ0) is 20.5. The van der Waals surface area contributed by atoms with Crippen LogP contribution < -0.4 is 9.47 Å². The number of H-pyrrole nitrogens is 1. The van der Waals surface area contributed by atoms with Crippen molar-refractivity contribution in [1.29, 1.82) is 0 Å². The quantitative estimate of drug-likeness (QED) is 0.481. The SMILES string of the molecule is CC(=O)c1c(C)[nH]c(C(=O)CSc2nnc(C3COc4ccccc4O3)o2)c1C. The number of Topliss-reactive ketones (excluding diaryl/α,β-unsaturated/α-hetero) is 2. The maximum Gasteiger partial charge on any atom is 0.277 e. The number of carbonyl (C=O) groups is 2. The Balaban J connectivity index is 1.41. The molecule has 0 fully saturated rings. The summed E-state index contributed by atoms with van der Waals surface area (Å²) in [7, 11) is 0. The molecule has 1 unspecified atom stereocenters. The first-order valence-corrected chi connectivity index (χ1v) is 10.0. The zero-order valence-electron chi connectivity index (χ0n) is 16.1. The summed E-state index contributed by atoms with van der Waals surface area (Å²) in [5.41, 5.74) is 2.35. The van der Waals surface area contributed by atoms with E-state index in [1.54, 1.807) is 13.8 Å². The van der Waals surface area contributed by atoms with Crippen LogP contribution in [0.25, 0.3) is 0 Å². The van der Waals surface area contributed by atoms with Crippen molar-refractivity contribution in [3.63, 3.8) is 0 Å². The average Bonchev–Trinajstić information content (AvgIpc) is 3.30. The van der Waals surface area contributed by atoms with Crippen LogP contribution in [0, 0.1) is 13.8 Å². The number of nitrogens with one attached hydrogen (secondary N) is 1. The van der Waals surface area contributed by atoms with Gasteiger partial charge in [-0.25, -0.2) is 0 Å². The fourth-order valence-electron chi connectivity index (χ4n) is 3.31. The minimum Gasteiger partial charge on any atom is -0.485 e. The standard InChI is InChI=1S/C20H19N3O5S/c1-10-17(12(3)24)11(2)21-18(10)13(25)9-29-20-23-22-19(28-20)16-8-26-14-6-4-5-7-15(14)27-16/h4-7,16,21H,8-9H2,1-3H3. The summed E-state index contributed by atoms with van der Waals surface area (Å²) in [5.74, 6) is 1.47. The molecule has 1 aromatic carbocycles. The summed E-state index contributed by atoms with van der Waals surface area (Å²) in [6.07, 6.45) is -0.506. The lowest BCUT2D eigenvalue weighted by Gasteiger charge is -2.23. The van der Waals surface area contributed by atoms with Gasteiger partial charge >= 0.3 is 0 Å². The van der Waals surface area contributed by atoms with Crippen molar-refractivity contribution in [3.8, 4) is 11.5 Å². The monoisotopic (exact) mass is 413 g/mol. The van der Waals surface area contributed by atoms with Crippen molar-refractivity contribution in [1.82, 2.24) is 15.2 Å². The lowest BCUT2D eigenvalue weighted by molar-refractivity contribution is 0.0686. The molecule has 1 aliphatic rings. The third kappa shape index (κ3) is 3.77. The van der Waals surface area contributed by atoms with Gasteiger partial charge in [0.25, 0.3) is 11.1 Å². The summed E-state index contributed by atoms with van der Waals surface area (Å²) in [6.45, 7) is 5.29. The number of ketones is 2. The van der Waals surface area contributed by atoms with Crippen LogP contribution in [0.3, 0.4) is 0 Å². The number of fused-ring (bicyclic) bond motifs is 1. The van der Waals surface area contributed by atoms with Gasteiger partial charge in [0.2, 0.25) is 6.10 Å². The molecule has 150 valence electrons. The minimum absolute atomic E-state index is 0.0687. The fourth-order valence-corrected chi connectivity index (χ4v) is 3.95. The molecule has 1 aliphatic heterocycles. The molecule has 9 heteroatoms. The Morgan fingerprint density at radius 1 is 1.21 bits per heavy atom. The van der Waals surface area contributed by atoms with Crippen LogP contribution in [0.1, 0.15) is 51.0 Å². The predicted molar refractivity (Wildman–Crippen MR) is 105 cm³/mol. The molecular formula is C20H19N3O5S. The van der Waals surface area contributed by atoms with E-state index < -0.39 is 6.10 Å².